The van der Waals surface area contributed by atoms with Gasteiger partial charge < -0.3 is 0 Å². The molecule has 2 aromatic rings. The van der Waals surface area contributed by atoms with E-state index in [4.69, 9.17) is 11.6 Å². The van der Waals surface area contributed by atoms with E-state index < -0.39 is 10.0 Å². The van der Waals surface area contributed by atoms with E-state index in [9.17, 15) is 8.42 Å². The summed E-state index contributed by atoms with van der Waals surface area (Å²) in [5, 5.41) is 8.73. The summed E-state index contributed by atoms with van der Waals surface area (Å²) in [5.74, 6) is 0.428. The summed E-state index contributed by atoms with van der Waals surface area (Å²) < 4.78 is 26.4. The molecule has 20 heavy (non-hydrogen) atoms. The molecule has 2 heterocycles. The molecular formula is C10H12ClN5O2S2. The lowest BCUT2D eigenvalue weighted by molar-refractivity contribution is 0.600. The summed E-state index contributed by atoms with van der Waals surface area (Å²) in [6.45, 7) is 4.10. The maximum Gasteiger partial charge on any atom is 0.266 e. The SMILES string of the molecule is CC(C)Cc1nnc(NS(=O)(=O)c2cnc(Cl)nc2)s1. The van der Waals surface area contributed by atoms with Crippen LogP contribution in [0, 0.1) is 5.92 Å². The molecule has 0 saturated carbocycles. The molecule has 2 rings (SSSR count). The molecule has 108 valence electrons. The number of hydrogen-bond donors (Lipinski definition) is 1. The number of anilines is 1. The molecule has 0 spiro atoms. The van der Waals surface area contributed by atoms with Gasteiger partial charge in [0.15, 0.2) is 0 Å². The topological polar surface area (TPSA) is 97.7 Å². The Morgan fingerprint density at radius 3 is 2.55 bits per heavy atom. The van der Waals surface area contributed by atoms with Crippen molar-refractivity contribution in [3.8, 4) is 0 Å². The molecule has 0 aliphatic heterocycles. The molecule has 0 aliphatic carbocycles. The quantitative estimate of drug-likeness (QED) is 0.840. The predicted molar refractivity (Wildman–Crippen MR) is 76.3 cm³/mol. The van der Waals surface area contributed by atoms with Gasteiger partial charge in [0, 0.05) is 6.42 Å². The van der Waals surface area contributed by atoms with Gasteiger partial charge in [-0.2, -0.15) is 0 Å². The number of hydrogen-bond acceptors (Lipinski definition) is 7. The van der Waals surface area contributed by atoms with Crippen LogP contribution in [-0.4, -0.2) is 28.6 Å². The van der Waals surface area contributed by atoms with Gasteiger partial charge in [0.05, 0.1) is 12.4 Å². The van der Waals surface area contributed by atoms with Crippen LogP contribution < -0.4 is 4.72 Å². The normalized spacial score (nSPS) is 11.8. The minimum Gasteiger partial charge on any atom is -0.253 e. The Labute approximate surface area is 125 Å². The lowest BCUT2D eigenvalue weighted by Crippen LogP contribution is -2.13. The van der Waals surface area contributed by atoms with Gasteiger partial charge in [0.1, 0.15) is 9.90 Å². The second kappa shape index (κ2) is 5.98. The van der Waals surface area contributed by atoms with Crippen LogP contribution >= 0.6 is 22.9 Å². The molecule has 1 N–H and O–H groups in total. The first kappa shape index (κ1) is 15.1. The van der Waals surface area contributed by atoms with Crippen molar-refractivity contribution in [3.05, 3.63) is 22.7 Å². The van der Waals surface area contributed by atoms with E-state index in [1.807, 2.05) is 0 Å². The molecule has 7 nitrogen and oxygen atoms in total. The third-order valence-corrected chi connectivity index (χ3v) is 4.66. The van der Waals surface area contributed by atoms with Crippen molar-refractivity contribution in [1.29, 1.82) is 0 Å². The summed E-state index contributed by atoms with van der Waals surface area (Å²) in [4.78, 5) is 7.19. The second-order valence-electron chi connectivity index (χ2n) is 4.39. The predicted octanol–water partition coefficient (Wildman–Crippen LogP) is 1.98. The summed E-state index contributed by atoms with van der Waals surface area (Å²) in [6.07, 6.45) is 3.02. The van der Waals surface area contributed by atoms with E-state index in [0.717, 1.165) is 23.8 Å². The lowest BCUT2D eigenvalue weighted by atomic mass is 10.1. The molecule has 0 atom stereocenters. The van der Waals surface area contributed by atoms with E-state index in [1.54, 1.807) is 0 Å². The zero-order chi connectivity index (χ0) is 14.8. The van der Waals surface area contributed by atoms with Gasteiger partial charge in [-0.05, 0) is 17.5 Å². The number of sulfonamides is 1. The highest BCUT2D eigenvalue weighted by Crippen LogP contribution is 2.21. The Morgan fingerprint density at radius 1 is 1.30 bits per heavy atom. The van der Waals surface area contributed by atoms with Crippen LogP contribution in [0.4, 0.5) is 5.13 Å². The monoisotopic (exact) mass is 333 g/mol. The third-order valence-electron chi connectivity index (χ3n) is 2.18. The van der Waals surface area contributed by atoms with E-state index in [1.165, 1.54) is 11.3 Å². The van der Waals surface area contributed by atoms with Crippen molar-refractivity contribution in [1.82, 2.24) is 20.2 Å². The van der Waals surface area contributed by atoms with E-state index in [-0.39, 0.29) is 15.3 Å². The smallest absolute Gasteiger partial charge is 0.253 e. The van der Waals surface area contributed by atoms with Crippen LogP contribution in [0.1, 0.15) is 18.9 Å². The first-order valence-corrected chi connectivity index (χ1v) is 8.37. The average molecular weight is 334 g/mol. The maximum atomic E-state index is 12.0. The molecule has 2 aromatic heterocycles. The van der Waals surface area contributed by atoms with Crippen molar-refractivity contribution in [2.24, 2.45) is 5.92 Å². The van der Waals surface area contributed by atoms with Crippen molar-refractivity contribution >= 4 is 38.1 Å². The number of rotatable bonds is 5. The van der Waals surface area contributed by atoms with Gasteiger partial charge in [-0.3, -0.25) is 4.72 Å². The molecule has 0 unspecified atom stereocenters. The summed E-state index contributed by atoms with van der Waals surface area (Å²) in [6, 6.07) is 0. The molecule has 10 heteroatoms. The number of halogens is 1. The fourth-order valence-electron chi connectivity index (χ4n) is 1.34. The first-order chi connectivity index (χ1) is 9.37. The highest BCUT2D eigenvalue weighted by molar-refractivity contribution is 7.93. The highest BCUT2D eigenvalue weighted by atomic mass is 35.5. The van der Waals surface area contributed by atoms with Crippen molar-refractivity contribution in [2.75, 3.05) is 4.72 Å². The Kier molecular flexibility index (Phi) is 4.51. The summed E-state index contributed by atoms with van der Waals surface area (Å²) >= 11 is 6.72. The Hall–Kier alpha value is -1.32. The summed E-state index contributed by atoms with van der Waals surface area (Å²) in [5.41, 5.74) is 0. The van der Waals surface area contributed by atoms with Gasteiger partial charge in [0.2, 0.25) is 10.4 Å². The lowest BCUT2D eigenvalue weighted by Gasteiger charge is -2.03. The van der Waals surface area contributed by atoms with E-state index >= 15 is 0 Å². The van der Waals surface area contributed by atoms with Crippen LogP contribution in [0.2, 0.25) is 5.28 Å². The molecule has 0 bridgehead atoms. The van der Waals surface area contributed by atoms with Crippen molar-refractivity contribution in [2.45, 2.75) is 25.2 Å². The van der Waals surface area contributed by atoms with Crippen molar-refractivity contribution in [3.63, 3.8) is 0 Å². The van der Waals surface area contributed by atoms with Crippen molar-refractivity contribution < 1.29 is 8.42 Å². The fraction of sp³-hybridized carbons (Fsp3) is 0.400. The third kappa shape index (κ3) is 3.84. The van der Waals surface area contributed by atoms with Gasteiger partial charge in [-0.1, -0.05) is 25.2 Å². The van der Waals surface area contributed by atoms with Crippen LogP contribution in [-0.2, 0) is 16.4 Å². The first-order valence-electron chi connectivity index (χ1n) is 5.69. The fourth-order valence-corrected chi connectivity index (χ4v) is 3.51. The molecule has 0 aromatic carbocycles. The Balaban J connectivity index is 2.16. The second-order valence-corrected chi connectivity index (χ2v) is 7.47. The number of nitrogens with one attached hydrogen (secondary N) is 1. The average Bonchev–Trinajstić information content (AvgIpc) is 2.75. The molecule has 0 aliphatic rings. The number of aromatic nitrogens is 4. The van der Waals surface area contributed by atoms with E-state index in [2.05, 4.69) is 38.7 Å². The van der Waals surface area contributed by atoms with Gasteiger partial charge in [-0.25, -0.2) is 18.4 Å². The molecule has 0 radical (unpaired) electrons. The maximum absolute atomic E-state index is 12.0. The molecule has 0 fully saturated rings. The van der Waals surface area contributed by atoms with E-state index in [0.29, 0.717) is 5.92 Å². The number of nitrogens with zero attached hydrogens (tertiary/aromatic N) is 4. The van der Waals surface area contributed by atoms with Gasteiger partial charge >= 0.3 is 0 Å². The summed E-state index contributed by atoms with van der Waals surface area (Å²) in [7, 11) is -3.77. The molecular weight excluding hydrogens is 322 g/mol. The van der Waals surface area contributed by atoms with Crippen LogP contribution in [0.15, 0.2) is 17.3 Å². The zero-order valence-corrected chi connectivity index (χ0v) is 13.1. The molecule has 0 saturated heterocycles. The zero-order valence-electron chi connectivity index (χ0n) is 10.7. The van der Waals surface area contributed by atoms with Crippen LogP contribution in [0.25, 0.3) is 0 Å². The minimum atomic E-state index is -3.77. The minimum absolute atomic E-state index is 0.0147. The Bertz CT molecular complexity index is 684. The highest BCUT2D eigenvalue weighted by Gasteiger charge is 2.18. The van der Waals surface area contributed by atoms with Crippen LogP contribution in [0.3, 0.4) is 0 Å². The standard InChI is InChI=1S/C10H12ClN5O2S2/c1-6(2)3-8-14-15-10(19-8)16-20(17,18)7-4-12-9(11)13-5-7/h4-6H,3H2,1-2H3,(H,15,16). The van der Waals surface area contributed by atoms with Gasteiger partial charge in [-0.15, -0.1) is 10.2 Å². The molecule has 0 amide bonds. The van der Waals surface area contributed by atoms with Gasteiger partial charge in [0.25, 0.3) is 10.0 Å². The van der Waals surface area contributed by atoms with Crippen LogP contribution in [0.5, 0.6) is 0 Å². The largest absolute Gasteiger partial charge is 0.266 e. The Morgan fingerprint density at radius 2 is 1.95 bits per heavy atom.